The third kappa shape index (κ3) is 2.13. The number of carbonyl (C=O) groups excluding carboxylic acids is 1. The molecular formula is C14H15N5O. The first-order valence-electron chi connectivity index (χ1n) is 6.57. The summed E-state index contributed by atoms with van der Waals surface area (Å²) in [5, 5.41) is 0. The predicted octanol–water partition coefficient (Wildman–Crippen LogP) is 1.40. The third-order valence-electron chi connectivity index (χ3n) is 3.58. The molecule has 0 radical (unpaired) electrons. The largest absolute Gasteiger partial charge is 0.336 e. The average Bonchev–Trinajstić information content (AvgIpc) is 2.48. The maximum atomic E-state index is 11.6. The van der Waals surface area contributed by atoms with Crippen LogP contribution in [0.15, 0.2) is 24.7 Å². The van der Waals surface area contributed by atoms with Gasteiger partial charge < -0.3 is 4.90 Å². The molecule has 1 amide bonds. The van der Waals surface area contributed by atoms with Crippen molar-refractivity contribution in [1.29, 1.82) is 0 Å². The van der Waals surface area contributed by atoms with Gasteiger partial charge in [-0.3, -0.25) is 4.79 Å². The number of rotatable bonds is 1. The highest BCUT2D eigenvalue weighted by atomic mass is 16.2. The van der Waals surface area contributed by atoms with Gasteiger partial charge >= 0.3 is 0 Å². The van der Waals surface area contributed by atoms with Crippen molar-refractivity contribution < 1.29 is 4.79 Å². The molecule has 0 spiro atoms. The molecule has 2 aromatic rings. The van der Waals surface area contributed by atoms with Crippen LogP contribution in [0.1, 0.15) is 31.1 Å². The van der Waals surface area contributed by atoms with Gasteiger partial charge in [-0.2, -0.15) is 0 Å². The molecule has 1 aliphatic heterocycles. The molecule has 6 nitrogen and oxygen atoms in total. The zero-order valence-electron chi connectivity index (χ0n) is 11.4. The van der Waals surface area contributed by atoms with E-state index in [1.54, 1.807) is 31.6 Å². The van der Waals surface area contributed by atoms with E-state index in [-0.39, 0.29) is 11.9 Å². The van der Waals surface area contributed by atoms with E-state index in [0.29, 0.717) is 18.2 Å². The summed E-state index contributed by atoms with van der Waals surface area (Å²) in [5.41, 5.74) is 1.98. The van der Waals surface area contributed by atoms with E-state index >= 15 is 0 Å². The van der Waals surface area contributed by atoms with Crippen molar-refractivity contribution in [2.75, 3.05) is 6.54 Å². The lowest BCUT2D eigenvalue weighted by molar-refractivity contribution is -0.131. The van der Waals surface area contributed by atoms with Gasteiger partial charge in [0.1, 0.15) is 0 Å². The first-order valence-corrected chi connectivity index (χ1v) is 6.57. The fourth-order valence-corrected chi connectivity index (χ4v) is 2.52. The second kappa shape index (κ2) is 4.96. The topological polar surface area (TPSA) is 71.9 Å². The number of hydrogen-bond donors (Lipinski definition) is 0. The Hall–Kier alpha value is -2.37. The summed E-state index contributed by atoms with van der Waals surface area (Å²) >= 11 is 0. The SMILES string of the molecule is CC(=O)N1CCc2nc(-c3ncccn3)ncc2C1C. The summed E-state index contributed by atoms with van der Waals surface area (Å²) in [5.74, 6) is 1.14. The lowest BCUT2D eigenvalue weighted by atomic mass is 9.99. The normalized spacial score (nSPS) is 17.7. The van der Waals surface area contributed by atoms with Gasteiger partial charge in [0.05, 0.1) is 11.7 Å². The van der Waals surface area contributed by atoms with Crippen molar-refractivity contribution in [3.8, 4) is 11.6 Å². The highest BCUT2D eigenvalue weighted by molar-refractivity contribution is 5.74. The molecule has 0 aliphatic carbocycles. The minimum absolute atomic E-state index is 0.0157. The van der Waals surface area contributed by atoms with Crippen LogP contribution in [0.4, 0.5) is 0 Å². The van der Waals surface area contributed by atoms with Gasteiger partial charge in [-0.15, -0.1) is 0 Å². The van der Waals surface area contributed by atoms with Crippen LogP contribution in [0.5, 0.6) is 0 Å². The van der Waals surface area contributed by atoms with Gasteiger partial charge in [0.15, 0.2) is 11.6 Å². The van der Waals surface area contributed by atoms with E-state index < -0.39 is 0 Å². The highest BCUT2D eigenvalue weighted by Crippen LogP contribution is 2.28. The summed E-state index contributed by atoms with van der Waals surface area (Å²) in [6, 6.07) is 1.77. The molecule has 0 saturated heterocycles. The second-order valence-corrected chi connectivity index (χ2v) is 4.81. The molecule has 0 bridgehead atoms. The summed E-state index contributed by atoms with van der Waals surface area (Å²) in [6.07, 6.45) is 5.87. The van der Waals surface area contributed by atoms with E-state index in [9.17, 15) is 4.79 Å². The van der Waals surface area contributed by atoms with Crippen LogP contribution < -0.4 is 0 Å². The standard InChI is InChI=1S/C14H15N5O/c1-9-11-8-17-14(13-15-5-3-6-16-13)18-12(11)4-7-19(9)10(2)20/h3,5-6,8-9H,4,7H2,1-2H3. The Kier molecular flexibility index (Phi) is 3.14. The quantitative estimate of drug-likeness (QED) is 0.782. The Morgan fingerprint density at radius 1 is 1.25 bits per heavy atom. The monoisotopic (exact) mass is 269 g/mol. The van der Waals surface area contributed by atoms with Gasteiger partial charge in [-0.1, -0.05) is 0 Å². The number of nitrogens with zero attached hydrogens (tertiary/aromatic N) is 5. The van der Waals surface area contributed by atoms with Crippen LogP contribution >= 0.6 is 0 Å². The first kappa shape index (κ1) is 12.7. The fraction of sp³-hybridized carbons (Fsp3) is 0.357. The number of hydrogen-bond acceptors (Lipinski definition) is 5. The lowest BCUT2D eigenvalue weighted by Crippen LogP contribution is -2.37. The Morgan fingerprint density at radius 3 is 2.70 bits per heavy atom. The van der Waals surface area contributed by atoms with Crippen molar-refractivity contribution >= 4 is 5.91 Å². The summed E-state index contributed by atoms with van der Waals surface area (Å²) < 4.78 is 0. The molecule has 0 fully saturated rings. The highest BCUT2D eigenvalue weighted by Gasteiger charge is 2.27. The molecule has 3 heterocycles. The fourth-order valence-electron chi connectivity index (χ4n) is 2.52. The molecule has 1 unspecified atom stereocenters. The van der Waals surface area contributed by atoms with E-state index in [1.807, 2.05) is 11.8 Å². The molecule has 1 aliphatic rings. The smallest absolute Gasteiger partial charge is 0.219 e. The molecule has 20 heavy (non-hydrogen) atoms. The van der Waals surface area contributed by atoms with Crippen LogP contribution in [-0.2, 0) is 11.2 Å². The second-order valence-electron chi connectivity index (χ2n) is 4.81. The summed E-state index contributed by atoms with van der Waals surface area (Å²) in [6.45, 7) is 4.28. The van der Waals surface area contributed by atoms with Crippen LogP contribution in [0, 0.1) is 0 Å². The van der Waals surface area contributed by atoms with E-state index in [1.165, 1.54) is 0 Å². The van der Waals surface area contributed by atoms with E-state index in [2.05, 4.69) is 19.9 Å². The summed E-state index contributed by atoms with van der Waals surface area (Å²) in [7, 11) is 0. The summed E-state index contributed by atoms with van der Waals surface area (Å²) in [4.78, 5) is 30.6. The molecule has 0 N–H and O–H groups in total. The van der Waals surface area contributed by atoms with Crippen LogP contribution in [0.25, 0.3) is 11.6 Å². The Morgan fingerprint density at radius 2 is 2.00 bits per heavy atom. The predicted molar refractivity (Wildman–Crippen MR) is 72.6 cm³/mol. The van der Waals surface area contributed by atoms with Gasteiger partial charge in [-0.25, -0.2) is 19.9 Å². The van der Waals surface area contributed by atoms with Gasteiger partial charge in [-0.05, 0) is 13.0 Å². The molecule has 3 rings (SSSR count). The van der Waals surface area contributed by atoms with Crippen molar-refractivity contribution in [3.05, 3.63) is 35.9 Å². The van der Waals surface area contributed by atoms with Crippen LogP contribution in [-0.4, -0.2) is 37.3 Å². The maximum Gasteiger partial charge on any atom is 0.219 e. The Bertz CT molecular complexity index is 643. The zero-order chi connectivity index (χ0) is 14.1. The molecule has 102 valence electrons. The van der Waals surface area contributed by atoms with E-state index in [4.69, 9.17) is 0 Å². The molecular weight excluding hydrogens is 254 g/mol. The first-order chi connectivity index (χ1) is 9.66. The van der Waals surface area contributed by atoms with Gasteiger partial charge in [0.2, 0.25) is 5.91 Å². The number of aromatic nitrogens is 4. The number of carbonyl (C=O) groups is 1. The van der Waals surface area contributed by atoms with Crippen molar-refractivity contribution in [2.24, 2.45) is 0 Å². The minimum Gasteiger partial charge on any atom is -0.336 e. The van der Waals surface area contributed by atoms with Crippen molar-refractivity contribution in [2.45, 2.75) is 26.3 Å². The van der Waals surface area contributed by atoms with Crippen molar-refractivity contribution in [1.82, 2.24) is 24.8 Å². The maximum absolute atomic E-state index is 11.6. The Labute approximate surface area is 116 Å². The molecule has 1 atom stereocenters. The molecule has 6 heteroatoms. The van der Waals surface area contributed by atoms with Crippen molar-refractivity contribution in [3.63, 3.8) is 0 Å². The number of amides is 1. The van der Waals surface area contributed by atoms with Crippen LogP contribution in [0.2, 0.25) is 0 Å². The van der Waals surface area contributed by atoms with Gasteiger partial charge in [0.25, 0.3) is 0 Å². The third-order valence-corrected chi connectivity index (χ3v) is 3.58. The number of fused-ring (bicyclic) bond motifs is 1. The molecule has 0 aromatic carbocycles. The minimum atomic E-state index is 0.0157. The molecule has 2 aromatic heterocycles. The molecule has 0 saturated carbocycles. The zero-order valence-corrected chi connectivity index (χ0v) is 11.4. The van der Waals surface area contributed by atoms with Gasteiger partial charge in [0, 0.05) is 44.0 Å². The lowest BCUT2D eigenvalue weighted by Gasteiger charge is -2.33. The van der Waals surface area contributed by atoms with Crippen LogP contribution in [0.3, 0.4) is 0 Å². The van der Waals surface area contributed by atoms with E-state index in [0.717, 1.165) is 17.7 Å². The average molecular weight is 269 g/mol. The Balaban J connectivity index is 1.98.